The van der Waals surface area contributed by atoms with Crippen LogP contribution in [0.15, 0.2) is 27.6 Å². The Bertz CT molecular complexity index is 571. The lowest BCUT2D eigenvalue weighted by Gasteiger charge is -2.27. The molecular formula is C12H19BrCl2FN3O2S. The molecule has 1 saturated heterocycles. The van der Waals surface area contributed by atoms with E-state index in [1.165, 1.54) is 12.1 Å². The van der Waals surface area contributed by atoms with Crippen molar-refractivity contribution in [2.45, 2.75) is 4.90 Å². The lowest BCUT2D eigenvalue weighted by Crippen LogP contribution is -2.46. The van der Waals surface area contributed by atoms with Crippen LogP contribution < -0.4 is 10.0 Å². The van der Waals surface area contributed by atoms with Crippen molar-refractivity contribution in [2.24, 2.45) is 0 Å². The minimum atomic E-state index is -3.80. The number of hydrogen-bond acceptors (Lipinski definition) is 4. The predicted molar refractivity (Wildman–Crippen MR) is 93.1 cm³/mol. The van der Waals surface area contributed by atoms with Crippen LogP contribution in [0.1, 0.15) is 0 Å². The average molecular weight is 439 g/mol. The highest BCUT2D eigenvalue weighted by Gasteiger charge is 2.19. The van der Waals surface area contributed by atoms with Gasteiger partial charge in [0.15, 0.2) is 0 Å². The monoisotopic (exact) mass is 437 g/mol. The number of nitrogens with one attached hydrogen (secondary N) is 2. The molecule has 0 radical (unpaired) electrons. The van der Waals surface area contributed by atoms with Gasteiger partial charge in [0.2, 0.25) is 10.0 Å². The van der Waals surface area contributed by atoms with Crippen LogP contribution in [0, 0.1) is 5.82 Å². The van der Waals surface area contributed by atoms with E-state index in [-0.39, 0.29) is 36.3 Å². The highest BCUT2D eigenvalue weighted by atomic mass is 79.9. The summed E-state index contributed by atoms with van der Waals surface area (Å²) in [6, 6.07) is 3.91. The molecule has 1 aliphatic rings. The summed E-state index contributed by atoms with van der Waals surface area (Å²) in [6.45, 7) is 4.52. The molecule has 0 aliphatic carbocycles. The first kappa shape index (κ1) is 22.0. The lowest BCUT2D eigenvalue weighted by atomic mass is 10.3. The fraction of sp³-hybridized carbons (Fsp3) is 0.500. The number of rotatable bonds is 5. The van der Waals surface area contributed by atoms with Crippen LogP contribution in [0.5, 0.6) is 0 Å². The van der Waals surface area contributed by atoms with Crippen LogP contribution in [0.2, 0.25) is 0 Å². The van der Waals surface area contributed by atoms with Gasteiger partial charge in [-0.2, -0.15) is 0 Å². The Kier molecular flexibility index (Phi) is 10.0. The average Bonchev–Trinajstić information content (AvgIpc) is 2.39. The Morgan fingerprint density at radius 1 is 1.27 bits per heavy atom. The van der Waals surface area contributed by atoms with Crippen molar-refractivity contribution in [3.63, 3.8) is 0 Å². The molecule has 1 aromatic carbocycles. The molecule has 2 N–H and O–H groups in total. The van der Waals surface area contributed by atoms with E-state index in [0.717, 1.165) is 32.2 Å². The molecule has 10 heteroatoms. The van der Waals surface area contributed by atoms with Gasteiger partial charge in [0, 0.05) is 43.7 Å². The first-order chi connectivity index (χ1) is 9.49. The molecule has 5 nitrogen and oxygen atoms in total. The third-order valence-electron chi connectivity index (χ3n) is 3.11. The molecule has 1 aromatic rings. The number of nitrogens with zero attached hydrogens (tertiary/aromatic N) is 1. The van der Waals surface area contributed by atoms with Crippen molar-refractivity contribution in [2.75, 3.05) is 39.3 Å². The molecule has 0 amide bonds. The zero-order valence-corrected chi connectivity index (χ0v) is 15.8. The van der Waals surface area contributed by atoms with E-state index in [0.29, 0.717) is 11.0 Å². The molecule has 128 valence electrons. The Hall–Kier alpha value is 0.0400. The summed E-state index contributed by atoms with van der Waals surface area (Å²) in [5.74, 6) is -0.756. The maximum Gasteiger partial charge on any atom is 0.243 e. The van der Waals surface area contributed by atoms with Crippen molar-refractivity contribution in [1.82, 2.24) is 14.9 Å². The summed E-state index contributed by atoms with van der Waals surface area (Å²) in [5.41, 5.74) is 0. The minimum Gasteiger partial charge on any atom is -0.314 e. The first-order valence-electron chi connectivity index (χ1n) is 6.37. The molecule has 1 heterocycles. The molecule has 2 rings (SSSR count). The fourth-order valence-corrected chi connectivity index (χ4v) is 3.46. The van der Waals surface area contributed by atoms with Gasteiger partial charge < -0.3 is 5.32 Å². The van der Waals surface area contributed by atoms with Gasteiger partial charge in [0.05, 0.1) is 0 Å². The molecule has 0 saturated carbocycles. The summed E-state index contributed by atoms with van der Waals surface area (Å²) >= 11 is 3.10. The van der Waals surface area contributed by atoms with E-state index in [1.54, 1.807) is 0 Å². The molecule has 1 aliphatic heterocycles. The van der Waals surface area contributed by atoms with Gasteiger partial charge in [-0.05, 0) is 18.2 Å². The molecule has 0 bridgehead atoms. The Morgan fingerprint density at radius 3 is 2.50 bits per heavy atom. The summed E-state index contributed by atoms with van der Waals surface area (Å²) in [7, 11) is -3.80. The van der Waals surface area contributed by atoms with Crippen molar-refractivity contribution in [3.05, 3.63) is 28.5 Å². The number of benzene rings is 1. The number of hydrogen-bond donors (Lipinski definition) is 2. The second-order valence-electron chi connectivity index (χ2n) is 4.56. The van der Waals surface area contributed by atoms with Crippen LogP contribution in [0.3, 0.4) is 0 Å². The van der Waals surface area contributed by atoms with Crippen LogP contribution >= 0.6 is 40.7 Å². The van der Waals surface area contributed by atoms with Gasteiger partial charge in [-0.3, -0.25) is 4.90 Å². The van der Waals surface area contributed by atoms with Gasteiger partial charge in [-0.1, -0.05) is 15.9 Å². The zero-order chi connectivity index (χ0) is 14.6. The molecule has 1 fully saturated rings. The van der Waals surface area contributed by atoms with E-state index in [4.69, 9.17) is 0 Å². The van der Waals surface area contributed by atoms with Crippen LogP contribution in [0.4, 0.5) is 4.39 Å². The normalized spacial score (nSPS) is 15.7. The van der Waals surface area contributed by atoms with Crippen molar-refractivity contribution < 1.29 is 12.8 Å². The lowest BCUT2D eigenvalue weighted by molar-refractivity contribution is 0.245. The zero-order valence-electron chi connectivity index (χ0n) is 11.7. The predicted octanol–water partition coefficient (Wildman–Crippen LogP) is 1.62. The second-order valence-corrected chi connectivity index (χ2v) is 7.22. The highest BCUT2D eigenvalue weighted by Crippen LogP contribution is 2.19. The van der Waals surface area contributed by atoms with Gasteiger partial charge in [0.25, 0.3) is 0 Å². The summed E-state index contributed by atoms with van der Waals surface area (Å²) in [6.07, 6.45) is 0. The standard InChI is InChI=1S/C12H17BrFN3O2S.2ClH/c13-10-1-2-12(11(14)9-10)20(18,19)16-5-8-17-6-3-15-4-7-17;;/h1-2,9,15-16H,3-8H2;2*1H. The first-order valence-corrected chi connectivity index (χ1v) is 8.64. The van der Waals surface area contributed by atoms with E-state index >= 15 is 0 Å². The van der Waals surface area contributed by atoms with Crippen molar-refractivity contribution in [3.8, 4) is 0 Å². The van der Waals surface area contributed by atoms with Crippen molar-refractivity contribution in [1.29, 1.82) is 0 Å². The van der Waals surface area contributed by atoms with Crippen LogP contribution in [-0.2, 0) is 10.0 Å². The van der Waals surface area contributed by atoms with Gasteiger partial charge in [-0.25, -0.2) is 17.5 Å². The third-order valence-corrected chi connectivity index (χ3v) is 5.10. The Morgan fingerprint density at radius 2 is 1.91 bits per heavy atom. The van der Waals surface area contributed by atoms with Gasteiger partial charge in [0.1, 0.15) is 10.7 Å². The van der Waals surface area contributed by atoms with Gasteiger partial charge in [-0.15, -0.1) is 24.8 Å². The maximum atomic E-state index is 13.7. The number of halogens is 4. The van der Waals surface area contributed by atoms with E-state index in [1.807, 2.05) is 0 Å². The Balaban J connectivity index is 0.00000220. The van der Waals surface area contributed by atoms with E-state index in [2.05, 4.69) is 30.9 Å². The summed E-state index contributed by atoms with van der Waals surface area (Å²) < 4.78 is 40.6. The molecular weight excluding hydrogens is 420 g/mol. The second kappa shape index (κ2) is 10.0. The molecule has 0 atom stereocenters. The molecule has 0 aromatic heterocycles. The number of sulfonamides is 1. The van der Waals surface area contributed by atoms with Crippen molar-refractivity contribution >= 4 is 50.8 Å². The molecule has 0 spiro atoms. The van der Waals surface area contributed by atoms with Crippen LogP contribution in [0.25, 0.3) is 0 Å². The quantitative estimate of drug-likeness (QED) is 0.733. The fourth-order valence-electron chi connectivity index (χ4n) is 2.04. The summed E-state index contributed by atoms with van der Waals surface area (Å²) in [4.78, 5) is 1.85. The highest BCUT2D eigenvalue weighted by molar-refractivity contribution is 9.10. The minimum absolute atomic E-state index is 0. The SMILES string of the molecule is Cl.Cl.O=S(=O)(NCCN1CCNCC1)c1ccc(Br)cc1F. The van der Waals surface area contributed by atoms with Gasteiger partial charge >= 0.3 is 0 Å². The topological polar surface area (TPSA) is 61.4 Å². The van der Waals surface area contributed by atoms with E-state index in [9.17, 15) is 12.8 Å². The summed E-state index contributed by atoms with van der Waals surface area (Å²) in [5, 5.41) is 3.23. The molecule has 22 heavy (non-hydrogen) atoms. The smallest absolute Gasteiger partial charge is 0.243 e. The maximum absolute atomic E-state index is 13.7. The molecule has 0 unspecified atom stereocenters. The Labute approximate surface area is 151 Å². The van der Waals surface area contributed by atoms with E-state index < -0.39 is 15.8 Å². The number of piperazine rings is 1. The largest absolute Gasteiger partial charge is 0.314 e. The third kappa shape index (κ3) is 6.27. The van der Waals surface area contributed by atoms with Crippen LogP contribution in [-0.4, -0.2) is 52.6 Å².